The number of rotatable bonds is 1. The predicted octanol–water partition coefficient (Wildman–Crippen LogP) is 2.43. The minimum absolute atomic E-state index is 0.329. The molecule has 3 heteroatoms. The minimum Gasteiger partial charge on any atom is -0.240 e. The topological polar surface area (TPSA) is 36.1 Å². The molecule has 0 aromatic carbocycles. The highest BCUT2D eigenvalue weighted by Crippen LogP contribution is 2.10. The van der Waals surface area contributed by atoms with Gasteiger partial charge in [-0.1, -0.05) is 23.9 Å². The van der Waals surface area contributed by atoms with Gasteiger partial charge >= 0.3 is 0 Å². The van der Waals surface area contributed by atoms with Crippen LogP contribution >= 0.6 is 12.2 Å². The van der Waals surface area contributed by atoms with E-state index in [9.17, 15) is 0 Å². The van der Waals surface area contributed by atoms with Gasteiger partial charge in [-0.3, -0.25) is 0 Å². The van der Waals surface area contributed by atoms with Gasteiger partial charge in [0, 0.05) is 0 Å². The molecule has 1 aliphatic rings. The van der Waals surface area contributed by atoms with Gasteiger partial charge in [-0.2, -0.15) is 5.26 Å². The largest absolute Gasteiger partial charge is 0.240 e. The van der Waals surface area contributed by atoms with E-state index >= 15 is 0 Å². The lowest BCUT2D eigenvalue weighted by Gasteiger charge is -2.07. The molecule has 0 amide bonds. The van der Waals surface area contributed by atoms with E-state index in [1.54, 1.807) is 6.08 Å². The van der Waals surface area contributed by atoms with Crippen LogP contribution in [-0.2, 0) is 0 Å². The fourth-order valence-corrected chi connectivity index (χ4v) is 1.22. The van der Waals surface area contributed by atoms with Gasteiger partial charge in [0.2, 0.25) is 0 Å². The zero-order chi connectivity index (χ0) is 9.84. The van der Waals surface area contributed by atoms with E-state index in [1.165, 1.54) is 5.57 Å². The lowest BCUT2D eigenvalue weighted by molar-refractivity contribution is 1.14. The van der Waals surface area contributed by atoms with E-state index < -0.39 is 0 Å². The van der Waals surface area contributed by atoms with Gasteiger partial charge in [0.1, 0.15) is 10.9 Å². The van der Waals surface area contributed by atoms with Crippen molar-refractivity contribution in [3.8, 4) is 6.07 Å². The number of dihydropyridines is 1. The Labute approximate surface area is 83.3 Å². The smallest absolute Gasteiger partial charge is 0.125 e. The lowest BCUT2D eigenvalue weighted by Crippen LogP contribution is -2.12. The number of hydrogen-bond donors (Lipinski definition) is 0. The normalized spacial score (nSPS) is 20.5. The molecule has 1 atom stereocenters. The van der Waals surface area contributed by atoms with Gasteiger partial charge in [0.25, 0.3) is 0 Å². The maximum absolute atomic E-state index is 8.66. The zero-order valence-corrected chi connectivity index (χ0v) is 8.43. The van der Waals surface area contributed by atoms with Crippen LogP contribution in [0.1, 0.15) is 13.8 Å². The molecule has 0 fully saturated rings. The van der Waals surface area contributed by atoms with Crippen LogP contribution in [0.25, 0.3) is 0 Å². The molecule has 0 saturated heterocycles. The Morgan fingerprint density at radius 3 is 2.85 bits per heavy atom. The molecule has 0 saturated carbocycles. The summed E-state index contributed by atoms with van der Waals surface area (Å²) in [6, 6.07) is 2.07. The predicted molar refractivity (Wildman–Crippen MR) is 57.7 cm³/mol. The number of aliphatic imine (C=N–C) groups is 1. The molecule has 1 unspecified atom stereocenters. The summed E-state index contributed by atoms with van der Waals surface area (Å²) in [6.07, 6.45) is 5.55. The summed E-state index contributed by atoms with van der Waals surface area (Å²) in [5.74, 6) is -0.329. The van der Waals surface area contributed by atoms with E-state index in [2.05, 4.69) is 11.1 Å². The summed E-state index contributed by atoms with van der Waals surface area (Å²) in [4.78, 5) is 4.59. The molecule has 0 aliphatic carbocycles. The monoisotopic (exact) mass is 190 g/mol. The first-order chi connectivity index (χ1) is 6.13. The number of allylic oxidation sites excluding steroid dienone is 3. The molecule has 1 heterocycles. The van der Waals surface area contributed by atoms with Gasteiger partial charge in [-0.25, -0.2) is 4.99 Å². The van der Waals surface area contributed by atoms with Crippen LogP contribution < -0.4 is 0 Å². The third kappa shape index (κ3) is 2.60. The SMILES string of the molecule is CC(C)=CC1=NC(=S)C(C#N)C=C1. The van der Waals surface area contributed by atoms with Crippen molar-refractivity contribution in [2.75, 3.05) is 0 Å². The standard InChI is InChI=1S/C10H10N2S/c1-7(2)5-9-4-3-8(6-11)10(13)12-9/h3-5,8H,1-2H3. The van der Waals surface area contributed by atoms with Crippen molar-refractivity contribution in [1.29, 1.82) is 5.26 Å². The highest BCUT2D eigenvalue weighted by atomic mass is 32.1. The molecule has 0 N–H and O–H groups in total. The molecule has 0 aromatic heterocycles. The van der Waals surface area contributed by atoms with Gasteiger partial charge < -0.3 is 0 Å². The molecule has 0 radical (unpaired) electrons. The van der Waals surface area contributed by atoms with Crippen LogP contribution in [0, 0.1) is 17.2 Å². The Kier molecular flexibility index (Phi) is 3.10. The average Bonchev–Trinajstić information content (AvgIpc) is 2.03. The quantitative estimate of drug-likeness (QED) is 0.595. The number of hydrogen-bond acceptors (Lipinski definition) is 2. The Balaban J connectivity index is 2.88. The fraction of sp³-hybridized carbons (Fsp3) is 0.300. The first kappa shape index (κ1) is 9.82. The third-order valence-electron chi connectivity index (χ3n) is 1.54. The lowest BCUT2D eigenvalue weighted by atomic mass is 10.1. The molecule has 0 bridgehead atoms. The molecule has 2 nitrogen and oxygen atoms in total. The second kappa shape index (κ2) is 4.11. The first-order valence-electron chi connectivity index (χ1n) is 3.98. The Morgan fingerprint density at radius 2 is 2.38 bits per heavy atom. The number of thiocarbonyl (C=S) groups is 1. The zero-order valence-electron chi connectivity index (χ0n) is 7.61. The van der Waals surface area contributed by atoms with Crippen LogP contribution in [0.4, 0.5) is 0 Å². The van der Waals surface area contributed by atoms with E-state index in [0.29, 0.717) is 4.99 Å². The van der Waals surface area contributed by atoms with E-state index in [-0.39, 0.29) is 5.92 Å². The van der Waals surface area contributed by atoms with Crippen molar-refractivity contribution in [1.82, 2.24) is 0 Å². The fourth-order valence-electron chi connectivity index (χ4n) is 0.986. The Morgan fingerprint density at radius 1 is 1.69 bits per heavy atom. The van der Waals surface area contributed by atoms with Crippen molar-refractivity contribution < 1.29 is 0 Å². The van der Waals surface area contributed by atoms with E-state index in [4.69, 9.17) is 17.5 Å². The molecular formula is C10H10N2S. The maximum atomic E-state index is 8.66. The molecule has 66 valence electrons. The van der Waals surface area contributed by atoms with Gasteiger partial charge in [-0.15, -0.1) is 0 Å². The highest BCUT2D eigenvalue weighted by Gasteiger charge is 2.13. The molecule has 0 spiro atoms. The summed E-state index contributed by atoms with van der Waals surface area (Å²) in [5.41, 5.74) is 2.00. The summed E-state index contributed by atoms with van der Waals surface area (Å²) < 4.78 is 0. The van der Waals surface area contributed by atoms with Gasteiger partial charge in [0.05, 0.1) is 11.8 Å². The summed E-state index contributed by atoms with van der Waals surface area (Å²) in [5, 5.41) is 8.66. The van der Waals surface area contributed by atoms with Crippen LogP contribution in [0.2, 0.25) is 0 Å². The van der Waals surface area contributed by atoms with Crippen molar-refractivity contribution in [2.24, 2.45) is 10.9 Å². The maximum Gasteiger partial charge on any atom is 0.125 e. The number of nitriles is 1. The molecule has 1 rings (SSSR count). The van der Waals surface area contributed by atoms with Gasteiger partial charge in [-0.05, 0) is 26.0 Å². The molecule has 1 aliphatic heterocycles. The van der Waals surface area contributed by atoms with Crippen molar-refractivity contribution in [3.05, 3.63) is 23.8 Å². The van der Waals surface area contributed by atoms with Crippen LogP contribution in [-0.4, -0.2) is 10.7 Å². The van der Waals surface area contributed by atoms with Crippen molar-refractivity contribution in [2.45, 2.75) is 13.8 Å². The van der Waals surface area contributed by atoms with Gasteiger partial charge in [0.15, 0.2) is 0 Å². The summed E-state index contributed by atoms with van der Waals surface area (Å²) in [6.45, 7) is 3.99. The van der Waals surface area contributed by atoms with Crippen LogP contribution in [0.5, 0.6) is 0 Å². The van der Waals surface area contributed by atoms with Crippen LogP contribution in [0.15, 0.2) is 28.8 Å². The van der Waals surface area contributed by atoms with E-state index in [0.717, 1.165) is 5.71 Å². The van der Waals surface area contributed by atoms with Crippen molar-refractivity contribution >= 4 is 22.9 Å². The second-order valence-corrected chi connectivity index (χ2v) is 3.48. The Bertz CT molecular complexity index is 352. The second-order valence-electron chi connectivity index (χ2n) is 3.06. The van der Waals surface area contributed by atoms with E-state index in [1.807, 2.05) is 26.0 Å². The van der Waals surface area contributed by atoms with Crippen LogP contribution in [0.3, 0.4) is 0 Å². The van der Waals surface area contributed by atoms with Crippen molar-refractivity contribution in [3.63, 3.8) is 0 Å². The molecular weight excluding hydrogens is 180 g/mol. The molecule has 13 heavy (non-hydrogen) atoms. The third-order valence-corrected chi connectivity index (χ3v) is 1.89. The number of nitrogens with zero attached hydrogens (tertiary/aromatic N) is 2. The average molecular weight is 190 g/mol. The Hall–Kier alpha value is -1.27. The highest BCUT2D eigenvalue weighted by molar-refractivity contribution is 7.80. The summed E-state index contributed by atoms with van der Waals surface area (Å²) >= 11 is 4.97. The first-order valence-corrected chi connectivity index (χ1v) is 4.39. The summed E-state index contributed by atoms with van der Waals surface area (Å²) in [7, 11) is 0. The minimum atomic E-state index is -0.329. The molecule has 0 aromatic rings.